The molecule has 46 heavy (non-hydrogen) atoms. The molecule has 1 aliphatic rings. The molecule has 0 aliphatic carbocycles. The Morgan fingerprint density at radius 3 is 2.76 bits per heavy atom. The van der Waals surface area contributed by atoms with Crippen molar-refractivity contribution in [1.82, 2.24) is 10.6 Å². The highest BCUT2D eigenvalue weighted by molar-refractivity contribution is 8.77. The molecule has 2 amide bonds. The van der Waals surface area contributed by atoms with Crippen LogP contribution in [0.4, 0.5) is 0 Å². The van der Waals surface area contributed by atoms with Gasteiger partial charge in [0.15, 0.2) is 0 Å². The Hall–Kier alpha value is -1.26. The van der Waals surface area contributed by atoms with E-state index < -0.39 is 0 Å². The zero-order chi connectivity index (χ0) is 33.8. The van der Waals surface area contributed by atoms with Crippen LogP contribution in [0.2, 0.25) is 0 Å². The van der Waals surface area contributed by atoms with Crippen molar-refractivity contribution in [3.8, 4) is 17.5 Å². The van der Waals surface area contributed by atoms with Gasteiger partial charge in [0.1, 0.15) is 35.9 Å². The predicted molar refractivity (Wildman–Crippen MR) is 191 cm³/mol. The summed E-state index contributed by atoms with van der Waals surface area (Å²) in [6.07, 6.45) is 2.03. The fourth-order valence-electron chi connectivity index (χ4n) is 3.84. The van der Waals surface area contributed by atoms with Crippen molar-refractivity contribution in [2.45, 2.75) is 67.9 Å². The molecule has 1 saturated heterocycles. The Bertz CT molecular complexity index is 1110. The highest BCUT2D eigenvalue weighted by Crippen LogP contribution is 2.38. The van der Waals surface area contributed by atoms with E-state index >= 15 is 0 Å². The van der Waals surface area contributed by atoms with E-state index in [9.17, 15) is 14.7 Å². The van der Waals surface area contributed by atoms with Crippen LogP contribution < -0.4 is 21.1 Å². The van der Waals surface area contributed by atoms with Gasteiger partial charge in [-0.15, -0.1) is 0 Å². The first kappa shape index (κ1) is 40.9. The van der Waals surface area contributed by atoms with Crippen LogP contribution in [0.5, 0.6) is 5.75 Å². The van der Waals surface area contributed by atoms with Gasteiger partial charge >= 0.3 is 0 Å². The summed E-state index contributed by atoms with van der Waals surface area (Å²) in [5, 5.41) is 15.1. The number of nitrogens with one attached hydrogen (secondary N) is 2. The number of aliphatic hydroxyl groups is 1. The zero-order valence-electron chi connectivity index (χ0n) is 27.2. The van der Waals surface area contributed by atoms with Crippen LogP contribution in [0.1, 0.15) is 44.5 Å². The SMILES string of the molecule is CSS[C@@H](C)O[C@@H]1C[C@H]([B]C#CCNC(=O)COCCOC(COc2cccc(C(=O)NCCN)c2)SSC(C)(C)C)OC1CO. The van der Waals surface area contributed by atoms with E-state index in [0.717, 1.165) is 0 Å². The summed E-state index contributed by atoms with van der Waals surface area (Å²) < 4.78 is 29.2. The first-order valence-electron chi connectivity index (χ1n) is 15.0. The minimum atomic E-state index is -0.383. The van der Waals surface area contributed by atoms with Crippen LogP contribution in [-0.4, -0.2) is 117 Å². The van der Waals surface area contributed by atoms with Crippen molar-refractivity contribution in [2.75, 3.05) is 58.9 Å². The van der Waals surface area contributed by atoms with E-state index in [0.29, 0.717) is 30.8 Å². The lowest BCUT2D eigenvalue weighted by Crippen LogP contribution is -2.29. The second-order valence-corrected chi connectivity index (χ2v) is 16.9. The maximum Gasteiger partial charge on any atom is 0.251 e. The Kier molecular flexibility index (Phi) is 20.6. The number of carbonyl (C=O) groups is 2. The highest BCUT2D eigenvalue weighted by Gasteiger charge is 2.36. The minimum Gasteiger partial charge on any atom is -0.490 e. The van der Waals surface area contributed by atoms with Crippen LogP contribution in [0.25, 0.3) is 0 Å². The molecule has 11 nitrogen and oxygen atoms in total. The lowest BCUT2D eigenvalue weighted by atomic mass is 9.71. The average molecular weight is 717 g/mol. The Morgan fingerprint density at radius 2 is 2.04 bits per heavy atom. The van der Waals surface area contributed by atoms with Crippen LogP contribution in [0.15, 0.2) is 24.3 Å². The van der Waals surface area contributed by atoms with Crippen LogP contribution in [-0.2, 0) is 23.7 Å². The number of hydrogen-bond donors (Lipinski definition) is 4. The fourth-order valence-corrected chi connectivity index (χ4v) is 7.45. The van der Waals surface area contributed by atoms with E-state index in [4.69, 9.17) is 29.4 Å². The molecule has 1 heterocycles. The maximum atomic E-state index is 12.2. The summed E-state index contributed by atoms with van der Waals surface area (Å²) in [5.74, 6) is 5.87. The second kappa shape index (κ2) is 23.2. The molecule has 1 aromatic rings. The first-order chi connectivity index (χ1) is 22.0. The van der Waals surface area contributed by atoms with Crippen LogP contribution >= 0.6 is 43.2 Å². The summed E-state index contributed by atoms with van der Waals surface area (Å²) in [5.41, 5.74) is 5.64. The number of nitrogens with two attached hydrogens (primary N) is 1. The molecule has 1 aromatic carbocycles. The van der Waals surface area contributed by atoms with Crippen molar-refractivity contribution in [1.29, 1.82) is 0 Å². The molecule has 0 spiro atoms. The third kappa shape index (κ3) is 17.8. The molecule has 5 atom stereocenters. The Morgan fingerprint density at radius 1 is 1.24 bits per heavy atom. The first-order valence-corrected chi connectivity index (χ1v) is 19.8. The van der Waals surface area contributed by atoms with Crippen molar-refractivity contribution in [3.05, 3.63) is 29.8 Å². The minimum absolute atomic E-state index is 0.00864. The quantitative estimate of drug-likeness (QED) is 0.0486. The number of benzene rings is 1. The molecule has 1 radical (unpaired) electrons. The number of aliphatic hydroxyl groups excluding tert-OH is 1. The molecule has 1 aliphatic heterocycles. The van der Waals surface area contributed by atoms with Gasteiger partial charge < -0.3 is 45.2 Å². The normalized spacial score (nSPS) is 19.1. The summed E-state index contributed by atoms with van der Waals surface area (Å²) >= 11 is 0. The maximum absolute atomic E-state index is 12.2. The van der Waals surface area contributed by atoms with Gasteiger partial charge in [-0.05, 0) is 37.8 Å². The molecule has 0 bridgehead atoms. The Labute approximate surface area is 290 Å². The van der Waals surface area contributed by atoms with Crippen molar-refractivity contribution >= 4 is 62.3 Å². The molecule has 2 rings (SSSR count). The van der Waals surface area contributed by atoms with Gasteiger partial charge in [-0.3, -0.25) is 9.59 Å². The third-order valence-electron chi connectivity index (χ3n) is 5.83. The molecular formula is C30H47BN3O8S4. The van der Waals surface area contributed by atoms with Gasteiger partial charge in [0, 0.05) is 29.4 Å². The number of ether oxygens (including phenoxy) is 5. The van der Waals surface area contributed by atoms with Crippen LogP contribution in [0.3, 0.4) is 0 Å². The van der Waals surface area contributed by atoms with E-state index in [1.54, 1.807) is 74.7 Å². The molecule has 5 N–H and O–H groups in total. The second-order valence-electron chi connectivity index (χ2n) is 10.9. The topological polar surface area (TPSA) is 151 Å². The van der Waals surface area contributed by atoms with Crippen molar-refractivity contribution < 1.29 is 38.4 Å². The lowest BCUT2D eigenvalue weighted by molar-refractivity contribution is -0.126. The molecule has 1 fully saturated rings. The molecule has 0 saturated carbocycles. The molecule has 0 aromatic heterocycles. The third-order valence-corrected chi connectivity index (χ3v) is 11.3. The van der Waals surface area contributed by atoms with E-state index in [-0.39, 0.29) is 85.2 Å². The molecule has 257 valence electrons. The Balaban J connectivity index is 1.68. The fraction of sp³-hybridized carbons (Fsp3) is 0.667. The van der Waals surface area contributed by atoms with Crippen molar-refractivity contribution in [2.24, 2.45) is 5.73 Å². The predicted octanol–water partition coefficient (Wildman–Crippen LogP) is 2.92. The van der Waals surface area contributed by atoms with Crippen LogP contribution in [0, 0.1) is 11.7 Å². The van der Waals surface area contributed by atoms with Gasteiger partial charge in [-0.1, -0.05) is 75.9 Å². The van der Waals surface area contributed by atoms with Crippen molar-refractivity contribution in [3.63, 3.8) is 0 Å². The summed E-state index contributed by atoms with van der Waals surface area (Å²) in [4.78, 5) is 24.4. The summed E-state index contributed by atoms with van der Waals surface area (Å²) in [6.45, 7) is 9.77. The van der Waals surface area contributed by atoms with E-state index in [2.05, 4.69) is 43.1 Å². The van der Waals surface area contributed by atoms with Gasteiger partial charge in [0.2, 0.25) is 5.91 Å². The van der Waals surface area contributed by atoms with Gasteiger partial charge in [-0.2, -0.15) is 5.82 Å². The summed E-state index contributed by atoms with van der Waals surface area (Å²) in [7, 11) is 8.21. The molecular weight excluding hydrogens is 669 g/mol. The standard InChI is InChI=1S/C30H47BN3O8S4/c1-21(44-43-5)41-24-17-26(42-25(24)18-35)31-10-7-12-33-27(36)19-38-14-15-39-28(45-46-30(2,3)4)20-40-23-9-6-8-22(16-23)29(37)34-13-11-32/h6,8-9,16,21,24-26,28,35H,11-15,17-20,32H2,1-5H3,(H,33,36)(H,34,37)/t21-,24+,25?,26+,28?/m0/s1. The van der Waals surface area contributed by atoms with Gasteiger partial charge in [0.05, 0.1) is 32.5 Å². The van der Waals surface area contributed by atoms with E-state index in [1.807, 2.05) is 13.2 Å². The highest BCUT2D eigenvalue weighted by atomic mass is 33.1. The molecule has 2 unspecified atom stereocenters. The zero-order valence-corrected chi connectivity index (χ0v) is 30.4. The molecule has 16 heteroatoms. The van der Waals surface area contributed by atoms with Gasteiger partial charge in [0.25, 0.3) is 13.2 Å². The lowest BCUT2D eigenvalue weighted by Gasteiger charge is -2.22. The number of hydrogen-bond acceptors (Lipinski definition) is 13. The monoisotopic (exact) mass is 716 g/mol. The van der Waals surface area contributed by atoms with E-state index in [1.165, 1.54) is 0 Å². The number of amides is 2. The summed E-state index contributed by atoms with van der Waals surface area (Å²) in [6, 6.07) is 6.71. The number of carbonyl (C=O) groups excluding carboxylic acids is 2. The smallest absolute Gasteiger partial charge is 0.251 e. The average Bonchev–Trinajstić information content (AvgIpc) is 3.41. The van der Waals surface area contributed by atoms with Gasteiger partial charge in [-0.25, -0.2) is 0 Å². The number of rotatable bonds is 21. The largest absolute Gasteiger partial charge is 0.490 e.